The first-order valence-corrected chi connectivity index (χ1v) is 12.2. The minimum absolute atomic E-state index is 0. The number of aliphatic hydroxyl groups excluding tert-OH is 1. The second-order valence-corrected chi connectivity index (χ2v) is 9.41. The fraction of sp³-hybridized carbons (Fsp3) is 0.407. The Kier molecular flexibility index (Phi) is 7.32. The Balaban J connectivity index is 0.00000267. The number of likely N-dealkylation sites (tertiary alicyclic amines) is 1. The van der Waals surface area contributed by atoms with E-state index < -0.39 is 6.10 Å². The number of piperidine rings is 1. The summed E-state index contributed by atoms with van der Waals surface area (Å²) in [5.41, 5.74) is 3.42. The summed E-state index contributed by atoms with van der Waals surface area (Å²) in [6.07, 6.45) is 2.63. The topological polar surface area (TPSA) is 94.0 Å². The summed E-state index contributed by atoms with van der Waals surface area (Å²) in [5, 5.41) is 19.4. The van der Waals surface area contributed by atoms with Gasteiger partial charge in [0.15, 0.2) is 5.76 Å². The van der Waals surface area contributed by atoms with Gasteiger partial charge >= 0.3 is 0 Å². The summed E-state index contributed by atoms with van der Waals surface area (Å²) < 4.78 is 23.0. The molecule has 4 aromatic rings. The van der Waals surface area contributed by atoms with Crippen molar-refractivity contribution >= 4 is 28.0 Å². The van der Waals surface area contributed by atoms with Gasteiger partial charge in [-0.3, -0.25) is 0 Å². The SMILES string of the molecule is Br.Cc1nnc(-c2cc3c(OC[C@H](O)CN4CCC(c5ccc6c(c5)CCO6)CC4)cccc3o2)o1. The van der Waals surface area contributed by atoms with E-state index in [1.807, 2.05) is 24.3 Å². The second kappa shape index (κ2) is 10.6. The maximum Gasteiger partial charge on any atom is 0.283 e. The average Bonchev–Trinajstić information content (AvgIpc) is 3.62. The predicted octanol–water partition coefficient (Wildman–Crippen LogP) is 4.92. The number of aliphatic hydroxyl groups is 1. The molecule has 1 saturated heterocycles. The van der Waals surface area contributed by atoms with Crippen molar-refractivity contribution < 1.29 is 23.4 Å². The van der Waals surface area contributed by atoms with Crippen molar-refractivity contribution in [2.24, 2.45) is 0 Å². The fourth-order valence-electron chi connectivity index (χ4n) is 5.11. The highest BCUT2D eigenvalue weighted by Crippen LogP contribution is 2.34. The van der Waals surface area contributed by atoms with Crippen molar-refractivity contribution in [2.75, 3.05) is 32.8 Å². The highest BCUT2D eigenvalue weighted by atomic mass is 79.9. The van der Waals surface area contributed by atoms with Crippen LogP contribution in [-0.2, 0) is 6.42 Å². The largest absolute Gasteiger partial charge is 0.493 e. The molecular formula is C27H30BrN3O5. The first-order chi connectivity index (χ1) is 17.1. The van der Waals surface area contributed by atoms with Gasteiger partial charge in [0.1, 0.15) is 29.8 Å². The molecule has 2 aromatic heterocycles. The maximum atomic E-state index is 10.7. The molecule has 190 valence electrons. The summed E-state index contributed by atoms with van der Waals surface area (Å²) in [4.78, 5) is 2.33. The molecule has 0 aliphatic carbocycles. The predicted molar refractivity (Wildman–Crippen MR) is 140 cm³/mol. The first kappa shape index (κ1) is 24.8. The van der Waals surface area contributed by atoms with E-state index in [2.05, 4.69) is 33.3 Å². The normalized spacial score (nSPS) is 16.9. The van der Waals surface area contributed by atoms with Crippen LogP contribution in [0.2, 0.25) is 0 Å². The molecule has 2 aliphatic rings. The molecule has 8 nitrogen and oxygen atoms in total. The van der Waals surface area contributed by atoms with E-state index in [4.69, 9.17) is 18.3 Å². The van der Waals surface area contributed by atoms with Gasteiger partial charge in [-0.1, -0.05) is 18.2 Å². The molecule has 1 N–H and O–H groups in total. The summed E-state index contributed by atoms with van der Waals surface area (Å²) in [5.74, 6) is 3.58. The van der Waals surface area contributed by atoms with Crippen LogP contribution in [0.5, 0.6) is 11.5 Å². The van der Waals surface area contributed by atoms with Crippen LogP contribution in [0.3, 0.4) is 0 Å². The monoisotopic (exact) mass is 555 g/mol. The first-order valence-electron chi connectivity index (χ1n) is 12.2. The Morgan fingerprint density at radius 2 is 1.97 bits per heavy atom. The van der Waals surface area contributed by atoms with Gasteiger partial charge in [-0.05, 0) is 61.2 Å². The number of β-amino-alcohol motifs (C(OH)–C–C–N with tert-alkyl or cyclic N) is 1. The van der Waals surface area contributed by atoms with Crippen molar-refractivity contribution in [1.29, 1.82) is 0 Å². The van der Waals surface area contributed by atoms with Crippen molar-refractivity contribution in [3.63, 3.8) is 0 Å². The number of fused-ring (bicyclic) bond motifs is 2. The lowest BCUT2D eigenvalue weighted by Gasteiger charge is -2.33. The van der Waals surface area contributed by atoms with E-state index in [9.17, 15) is 5.11 Å². The van der Waals surface area contributed by atoms with E-state index in [0.717, 1.165) is 50.1 Å². The van der Waals surface area contributed by atoms with E-state index in [-0.39, 0.29) is 23.6 Å². The van der Waals surface area contributed by atoms with Crippen LogP contribution in [0.15, 0.2) is 51.3 Å². The molecule has 0 radical (unpaired) electrons. The molecule has 2 aromatic carbocycles. The molecule has 4 heterocycles. The van der Waals surface area contributed by atoms with Gasteiger partial charge in [-0.25, -0.2) is 0 Å². The third-order valence-corrected chi connectivity index (χ3v) is 6.93. The lowest BCUT2D eigenvalue weighted by Crippen LogP contribution is -2.40. The van der Waals surface area contributed by atoms with E-state index in [1.165, 1.54) is 11.1 Å². The molecule has 2 aliphatic heterocycles. The average molecular weight is 556 g/mol. The fourth-order valence-corrected chi connectivity index (χ4v) is 5.11. The van der Waals surface area contributed by atoms with Gasteiger partial charge in [-0.2, -0.15) is 0 Å². The van der Waals surface area contributed by atoms with Gasteiger partial charge in [0.2, 0.25) is 5.89 Å². The van der Waals surface area contributed by atoms with Crippen molar-refractivity contribution in [2.45, 2.75) is 38.2 Å². The number of benzene rings is 2. The zero-order chi connectivity index (χ0) is 23.8. The van der Waals surface area contributed by atoms with Crippen LogP contribution in [0, 0.1) is 6.92 Å². The van der Waals surface area contributed by atoms with Gasteiger partial charge in [-0.15, -0.1) is 27.2 Å². The van der Waals surface area contributed by atoms with Gasteiger partial charge in [0, 0.05) is 26.0 Å². The molecule has 9 heteroatoms. The Hall–Kier alpha value is -2.88. The summed E-state index contributed by atoms with van der Waals surface area (Å²) in [7, 11) is 0. The van der Waals surface area contributed by atoms with E-state index in [0.29, 0.717) is 41.3 Å². The van der Waals surface area contributed by atoms with Crippen molar-refractivity contribution in [3.8, 4) is 23.1 Å². The number of aromatic nitrogens is 2. The number of ether oxygens (including phenoxy) is 2. The third kappa shape index (κ3) is 5.14. The Morgan fingerprint density at radius 1 is 1.11 bits per heavy atom. The number of rotatable bonds is 7. The molecule has 6 rings (SSSR count). The number of nitrogens with zero attached hydrogens (tertiary/aromatic N) is 3. The minimum Gasteiger partial charge on any atom is -0.493 e. The molecule has 0 spiro atoms. The van der Waals surface area contributed by atoms with Gasteiger partial charge in [0.05, 0.1) is 12.0 Å². The Morgan fingerprint density at radius 3 is 2.78 bits per heavy atom. The molecule has 0 bridgehead atoms. The summed E-state index contributed by atoms with van der Waals surface area (Å²) in [6, 6.07) is 14.1. The van der Waals surface area contributed by atoms with Crippen molar-refractivity contribution in [1.82, 2.24) is 15.1 Å². The molecule has 36 heavy (non-hydrogen) atoms. The van der Waals surface area contributed by atoms with Crippen LogP contribution in [0.1, 0.15) is 35.8 Å². The van der Waals surface area contributed by atoms with E-state index >= 15 is 0 Å². The minimum atomic E-state index is -0.580. The van der Waals surface area contributed by atoms with Gasteiger partial charge in [0.25, 0.3) is 5.89 Å². The Bertz CT molecular complexity index is 1330. The maximum absolute atomic E-state index is 10.7. The van der Waals surface area contributed by atoms with Crippen LogP contribution in [0.4, 0.5) is 0 Å². The lowest BCUT2D eigenvalue weighted by molar-refractivity contribution is 0.0599. The molecule has 1 atom stereocenters. The number of aryl methyl sites for hydroxylation is 1. The number of hydrogen-bond acceptors (Lipinski definition) is 8. The molecule has 0 saturated carbocycles. The quantitative estimate of drug-likeness (QED) is 0.343. The summed E-state index contributed by atoms with van der Waals surface area (Å²) in [6.45, 7) is 5.29. The standard InChI is InChI=1S/C27H29N3O5.BrH/c1-17-28-29-27(34-17)26-14-22-24(3-2-4-25(22)35-26)33-16-21(31)15-30-10-7-18(8-11-30)19-5-6-23-20(13-19)9-12-32-23;/h2-6,13-14,18,21,31H,7-12,15-16H2,1H3;1H/t21-;/m1./s1. The number of halogens is 1. The van der Waals surface area contributed by atoms with E-state index in [1.54, 1.807) is 6.92 Å². The van der Waals surface area contributed by atoms with Gasteiger partial charge < -0.3 is 28.3 Å². The molecule has 0 unspecified atom stereocenters. The summed E-state index contributed by atoms with van der Waals surface area (Å²) >= 11 is 0. The van der Waals surface area contributed by atoms with Crippen LogP contribution < -0.4 is 9.47 Å². The molecule has 0 amide bonds. The molecular weight excluding hydrogens is 526 g/mol. The van der Waals surface area contributed by atoms with Crippen molar-refractivity contribution in [3.05, 3.63) is 59.5 Å². The van der Waals surface area contributed by atoms with Crippen LogP contribution in [0.25, 0.3) is 22.6 Å². The third-order valence-electron chi connectivity index (χ3n) is 6.93. The highest BCUT2D eigenvalue weighted by Gasteiger charge is 2.24. The van der Waals surface area contributed by atoms with Crippen LogP contribution in [-0.4, -0.2) is 59.2 Å². The second-order valence-electron chi connectivity index (χ2n) is 9.41. The number of hydrogen-bond donors (Lipinski definition) is 1. The zero-order valence-corrected chi connectivity index (χ0v) is 21.9. The highest BCUT2D eigenvalue weighted by molar-refractivity contribution is 8.93. The Labute approximate surface area is 220 Å². The number of furan rings is 1. The lowest BCUT2D eigenvalue weighted by atomic mass is 9.88. The zero-order valence-electron chi connectivity index (χ0n) is 20.2. The molecule has 1 fully saturated rings. The smallest absolute Gasteiger partial charge is 0.283 e. The van der Waals surface area contributed by atoms with Crippen LogP contribution >= 0.6 is 17.0 Å².